The van der Waals surface area contributed by atoms with E-state index in [9.17, 15) is 19.4 Å². The fourth-order valence-corrected chi connectivity index (χ4v) is 12.8. The van der Waals surface area contributed by atoms with Gasteiger partial charge >= 0.3 is 0 Å². The van der Waals surface area contributed by atoms with Crippen LogP contribution < -0.4 is 10.2 Å². The number of nitrogens with zero attached hydrogens (tertiary/aromatic N) is 1. The highest BCUT2D eigenvalue weighted by Gasteiger charge is 2.24. The summed E-state index contributed by atoms with van der Waals surface area (Å²) in [7, 11) is 1.33. The van der Waals surface area contributed by atoms with Crippen LogP contribution in [0.4, 0.5) is 0 Å². The topological polar surface area (TPSA) is 108 Å². The molecular formula is C73H149N2O6P. The summed E-state index contributed by atoms with van der Waals surface area (Å²) < 4.78 is 23.6. The van der Waals surface area contributed by atoms with Gasteiger partial charge in [0.25, 0.3) is 7.82 Å². The van der Waals surface area contributed by atoms with E-state index >= 15 is 0 Å². The Hall–Kier alpha value is -0.500. The zero-order chi connectivity index (χ0) is 59.8. The summed E-state index contributed by atoms with van der Waals surface area (Å²) in [6.45, 7) is 4.81. The van der Waals surface area contributed by atoms with E-state index in [1.807, 2.05) is 21.1 Å². The average Bonchev–Trinajstić information content (AvgIpc) is 3.47. The Balaban J connectivity index is 3.94. The number of amides is 1. The quantitative estimate of drug-likeness (QED) is 0.0357. The SMILES string of the molecule is CCCCCCCCCCCCCCCCCCCCCCCCCCCCCCCCCC(O)C(COP(=O)([O-])OCC[N+](C)(C)C)NC(=O)CCCCCCCCCCCCCCCCCCCCCCCCCCCCCCC. The van der Waals surface area contributed by atoms with E-state index < -0.39 is 20.0 Å². The van der Waals surface area contributed by atoms with Crippen molar-refractivity contribution in [1.29, 1.82) is 0 Å². The number of carbonyl (C=O) groups excluding carboxylic acids is 1. The van der Waals surface area contributed by atoms with Gasteiger partial charge in [-0.1, -0.05) is 393 Å². The second kappa shape index (κ2) is 65.0. The van der Waals surface area contributed by atoms with Crippen molar-refractivity contribution >= 4 is 13.7 Å². The van der Waals surface area contributed by atoms with Crippen LogP contribution in [0.25, 0.3) is 0 Å². The van der Waals surface area contributed by atoms with Crippen molar-refractivity contribution in [1.82, 2.24) is 5.32 Å². The average molecular weight is 1180 g/mol. The molecule has 0 bridgehead atoms. The number of aliphatic hydroxyl groups excluding tert-OH is 1. The summed E-state index contributed by atoms with van der Waals surface area (Å²) in [6, 6.07) is -0.797. The number of likely N-dealkylation sites (N-methyl/N-ethyl adjacent to an activating group) is 1. The number of hydrogen-bond donors (Lipinski definition) is 2. The van der Waals surface area contributed by atoms with Crippen molar-refractivity contribution in [3.8, 4) is 0 Å². The van der Waals surface area contributed by atoms with Crippen LogP contribution in [0, 0.1) is 0 Å². The van der Waals surface area contributed by atoms with Crippen LogP contribution >= 0.6 is 7.82 Å². The van der Waals surface area contributed by atoms with Gasteiger partial charge in [-0.05, 0) is 12.8 Å². The maximum absolute atomic E-state index is 13.1. The van der Waals surface area contributed by atoms with Gasteiger partial charge in [0.05, 0.1) is 39.9 Å². The Bertz CT molecular complexity index is 1300. The van der Waals surface area contributed by atoms with Crippen molar-refractivity contribution in [2.75, 3.05) is 40.9 Å². The lowest BCUT2D eigenvalue weighted by atomic mass is 10.0. The molecule has 0 aromatic carbocycles. The molecule has 0 aromatic rings. The molecule has 492 valence electrons. The summed E-state index contributed by atoms with van der Waals surface area (Å²) in [5.74, 6) is -0.153. The molecule has 9 heteroatoms. The molecule has 0 rings (SSSR count). The number of phosphoric ester groups is 1. The monoisotopic (exact) mass is 1180 g/mol. The molecular weight excluding hydrogens is 1030 g/mol. The van der Waals surface area contributed by atoms with Gasteiger partial charge in [-0.2, -0.15) is 0 Å². The molecule has 1 amide bonds. The lowest BCUT2D eigenvalue weighted by Gasteiger charge is -2.30. The van der Waals surface area contributed by atoms with Crippen LogP contribution in [-0.4, -0.2) is 68.5 Å². The van der Waals surface area contributed by atoms with E-state index in [0.29, 0.717) is 23.9 Å². The Morgan fingerprint density at radius 1 is 0.378 bits per heavy atom. The number of carbonyl (C=O) groups is 1. The highest BCUT2D eigenvalue weighted by molar-refractivity contribution is 7.45. The van der Waals surface area contributed by atoms with Crippen molar-refractivity contribution in [3.05, 3.63) is 0 Å². The van der Waals surface area contributed by atoms with Gasteiger partial charge in [0, 0.05) is 6.42 Å². The molecule has 8 nitrogen and oxygen atoms in total. The molecule has 0 radical (unpaired) electrons. The first-order valence-corrected chi connectivity index (χ1v) is 38.8. The molecule has 0 fully saturated rings. The fraction of sp³-hybridized carbons (Fsp3) is 0.986. The normalized spacial score (nSPS) is 13.5. The zero-order valence-corrected chi connectivity index (χ0v) is 57.4. The lowest BCUT2D eigenvalue weighted by molar-refractivity contribution is -0.870. The summed E-state index contributed by atoms with van der Waals surface area (Å²) >= 11 is 0. The summed E-state index contributed by atoms with van der Waals surface area (Å²) in [4.78, 5) is 25.7. The third-order valence-electron chi connectivity index (χ3n) is 17.8. The molecule has 0 aromatic heterocycles. The van der Waals surface area contributed by atoms with Crippen LogP contribution in [0.1, 0.15) is 412 Å². The van der Waals surface area contributed by atoms with E-state index in [0.717, 1.165) is 38.5 Å². The molecule has 0 heterocycles. The Morgan fingerprint density at radius 2 is 0.598 bits per heavy atom. The standard InChI is InChI=1S/C73H149N2O6P/c1-6-8-10-12-14-16-18-20-22-24-26-28-30-32-34-36-37-39-40-42-44-46-48-50-52-54-56-58-60-62-64-66-72(76)71(70-81-82(78,79)80-69-68-75(3,4)5)74-73(77)67-65-63-61-59-57-55-53-51-49-47-45-43-41-38-35-33-31-29-27-25-23-21-19-17-15-13-11-9-7-2/h71-72,76H,6-70H2,1-5H3,(H-,74,77,78,79). The van der Waals surface area contributed by atoms with Gasteiger partial charge in [0.2, 0.25) is 5.91 Å². The van der Waals surface area contributed by atoms with Crippen LogP contribution in [0.15, 0.2) is 0 Å². The molecule has 0 aliphatic heterocycles. The number of unbranched alkanes of at least 4 members (excludes halogenated alkanes) is 58. The number of nitrogens with one attached hydrogen (secondary N) is 1. The maximum Gasteiger partial charge on any atom is 0.268 e. The number of hydrogen-bond acceptors (Lipinski definition) is 6. The summed E-state index contributed by atoms with van der Waals surface area (Å²) in [5, 5.41) is 14.1. The van der Waals surface area contributed by atoms with E-state index in [-0.39, 0.29) is 19.1 Å². The zero-order valence-electron chi connectivity index (χ0n) is 56.5. The van der Waals surface area contributed by atoms with E-state index in [4.69, 9.17) is 9.05 Å². The van der Waals surface area contributed by atoms with Crippen molar-refractivity contribution < 1.29 is 32.9 Å². The molecule has 0 spiro atoms. The van der Waals surface area contributed by atoms with Gasteiger partial charge in [-0.25, -0.2) is 0 Å². The minimum Gasteiger partial charge on any atom is -0.756 e. The molecule has 3 unspecified atom stereocenters. The van der Waals surface area contributed by atoms with Gasteiger partial charge in [-0.15, -0.1) is 0 Å². The second-order valence-corrected chi connectivity index (χ2v) is 28.8. The lowest BCUT2D eigenvalue weighted by Crippen LogP contribution is -2.46. The molecule has 82 heavy (non-hydrogen) atoms. The largest absolute Gasteiger partial charge is 0.756 e. The molecule has 0 saturated carbocycles. The van der Waals surface area contributed by atoms with Gasteiger partial charge < -0.3 is 28.8 Å². The first kappa shape index (κ1) is 81.5. The molecule has 0 saturated heterocycles. The van der Waals surface area contributed by atoms with Crippen LogP contribution in [0.5, 0.6) is 0 Å². The fourth-order valence-electron chi connectivity index (χ4n) is 12.0. The van der Waals surface area contributed by atoms with Crippen LogP contribution in [0.2, 0.25) is 0 Å². The van der Waals surface area contributed by atoms with E-state index in [1.165, 1.54) is 347 Å². The third-order valence-corrected chi connectivity index (χ3v) is 18.8. The predicted octanol–water partition coefficient (Wildman–Crippen LogP) is 23.3. The van der Waals surface area contributed by atoms with Gasteiger partial charge in [-0.3, -0.25) is 9.36 Å². The highest BCUT2D eigenvalue weighted by Crippen LogP contribution is 2.38. The maximum atomic E-state index is 13.1. The Labute approximate surface area is 514 Å². The predicted molar refractivity (Wildman–Crippen MR) is 358 cm³/mol. The third kappa shape index (κ3) is 67.0. The van der Waals surface area contributed by atoms with Gasteiger partial charge in [0.1, 0.15) is 13.2 Å². The number of aliphatic hydroxyl groups is 1. The van der Waals surface area contributed by atoms with Crippen LogP contribution in [-0.2, 0) is 18.4 Å². The minimum atomic E-state index is -4.58. The first-order chi connectivity index (χ1) is 40.0. The van der Waals surface area contributed by atoms with E-state index in [2.05, 4.69) is 19.2 Å². The number of phosphoric acid groups is 1. The molecule has 3 atom stereocenters. The first-order valence-electron chi connectivity index (χ1n) is 37.4. The number of rotatable bonds is 71. The Morgan fingerprint density at radius 3 is 0.829 bits per heavy atom. The Kier molecular flexibility index (Phi) is 64.6. The molecule has 2 N–H and O–H groups in total. The summed E-state index contributed by atoms with van der Waals surface area (Å²) in [5.41, 5.74) is 0. The molecule has 0 aliphatic carbocycles. The summed E-state index contributed by atoms with van der Waals surface area (Å²) in [6.07, 6.45) is 82.0. The van der Waals surface area contributed by atoms with Crippen molar-refractivity contribution in [3.63, 3.8) is 0 Å². The van der Waals surface area contributed by atoms with E-state index in [1.54, 1.807) is 0 Å². The van der Waals surface area contributed by atoms with Crippen molar-refractivity contribution in [2.24, 2.45) is 0 Å². The smallest absolute Gasteiger partial charge is 0.268 e. The van der Waals surface area contributed by atoms with Crippen molar-refractivity contribution in [2.45, 2.75) is 424 Å². The van der Waals surface area contributed by atoms with Crippen LogP contribution in [0.3, 0.4) is 0 Å². The highest BCUT2D eigenvalue weighted by atomic mass is 31.2. The number of quaternary nitrogens is 1. The second-order valence-electron chi connectivity index (χ2n) is 27.4. The minimum absolute atomic E-state index is 0.0171. The van der Waals surface area contributed by atoms with Gasteiger partial charge in [0.15, 0.2) is 0 Å². The molecule has 0 aliphatic rings.